The van der Waals surface area contributed by atoms with Crippen molar-refractivity contribution >= 4 is 75.0 Å². The zero-order chi connectivity index (χ0) is 27.6. The summed E-state index contributed by atoms with van der Waals surface area (Å²) in [6.07, 6.45) is 0.866. The number of rotatable bonds is 8. The number of hydrogen-bond donors (Lipinski definition) is 2. The molecule has 1 heterocycles. The number of carbonyl (C=O) groups excluding carboxylic acids is 2. The minimum Gasteiger partial charge on any atom is -1.00 e. The molecule has 4 rings (SSSR count). The molecule has 2 amide bonds. The fourth-order valence-corrected chi connectivity index (χ4v) is 5.55. The number of nitrogen functional groups attached to an aromatic ring is 1. The standard InChI is InChI=1S/C28H26Cl2IN3O4.Na.H/c1-16(21-11-9-19(30)14-23(21)32)34-26(17-5-7-18(29)8-6-17)28(38)33(13-3-2-4-25(35)36)24-12-10-20(31)15-22(24)27(34)37;;/h5-12,14-16,26H,2-4,13,32H2,1H3,(H,35,36);;/q;+1;-1. The van der Waals surface area contributed by atoms with Gasteiger partial charge in [0.15, 0.2) is 0 Å². The van der Waals surface area contributed by atoms with E-state index in [1.165, 1.54) is 0 Å². The van der Waals surface area contributed by atoms with Gasteiger partial charge in [0.1, 0.15) is 6.04 Å². The van der Waals surface area contributed by atoms with Gasteiger partial charge in [-0.05, 0) is 95.9 Å². The third-order valence-electron chi connectivity index (χ3n) is 6.62. The summed E-state index contributed by atoms with van der Waals surface area (Å²) in [5.41, 5.74) is 8.88. The molecule has 0 fully saturated rings. The monoisotopic (exact) mass is 689 g/mol. The molecule has 0 saturated heterocycles. The number of carboxylic acids is 1. The molecule has 0 spiro atoms. The first-order valence-electron chi connectivity index (χ1n) is 12.0. The van der Waals surface area contributed by atoms with E-state index in [0.717, 1.165) is 3.57 Å². The maximum atomic E-state index is 14.4. The Balaban J connectivity index is 0.00000280. The van der Waals surface area contributed by atoms with Crippen LogP contribution in [0.15, 0.2) is 60.7 Å². The Morgan fingerprint density at radius 2 is 1.72 bits per heavy atom. The number of anilines is 2. The van der Waals surface area contributed by atoms with E-state index in [1.54, 1.807) is 64.4 Å². The van der Waals surface area contributed by atoms with Crippen molar-refractivity contribution in [1.82, 2.24) is 4.90 Å². The number of nitrogens with two attached hydrogens (primary N) is 1. The first-order valence-corrected chi connectivity index (χ1v) is 13.9. The number of unbranched alkanes of at least 4 members (excludes halogenated alkanes) is 1. The second-order valence-corrected chi connectivity index (χ2v) is 11.2. The van der Waals surface area contributed by atoms with Crippen LogP contribution in [0.3, 0.4) is 0 Å². The smallest absolute Gasteiger partial charge is 1.00 e. The first kappa shape index (κ1) is 31.7. The Morgan fingerprint density at radius 1 is 1.05 bits per heavy atom. The van der Waals surface area contributed by atoms with Gasteiger partial charge in [0, 0.05) is 32.3 Å². The number of amides is 2. The number of carbonyl (C=O) groups is 3. The van der Waals surface area contributed by atoms with Crippen LogP contribution in [-0.4, -0.2) is 34.3 Å². The van der Waals surface area contributed by atoms with Crippen molar-refractivity contribution in [2.24, 2.45) is 0 Å². The number of nitrogens with zero attached hydrogens (tertiary/aromatic N) is 2. The quantitative estimate of drug-likeness (QED) is 0.162. The van der Waals surface area contributed by atoms with Gasteiger partial charge in [0.2, 0.25) is 0 Å². The van der Waals surface area contributed by atoms with Gasteiger partial charge in [-0.15, -0.1) is 0 Å². The molecular formula is C28H27Cl2IN3NaO4. The normalized spacial score (nSPS) is 15.8. The molecule has 0 radical (unpaired) electrons. The molecule has 200 valence electrons. The minimum absolute atomic E-state index is 0. The Morgan fingerprint density at radius 3 is 2.36 bits per heavy atom. The number of fused-ring (bicyclic) bond motifs is 1. The van der Waals surface area contributed by atoms with Crippen LogP contribution in [-0.2, 0) is 9.59 Å². The molecule has 7 nitrogen and oxygen atoms in total. The van der Waals surface area contributed by atoms with Crippen LogP contribution in [0.2, 0.25) is 10.0 Å². The van der Waals surface area contributed by atoms with E-state index in [1.807, 2.05) is 13.0 Å². The molecule has 11 heteroatoms. The molecule has 0 aliphatic carbocycles. The average molecular weight is 690 g/mol. The number of aliphatic carboxylic acids is 1. The minimum atomic E-state index is -0.977. The summed E-state index contributed by atoms with van der Waals surface area (Å²) in [5.74, 6) is -1.51. The van der Waals surface area contributed by atoms with Gasteiger partial charge in [-0.2, -0.15) is 0 Å². The van der Waals surface area contributed by atoms with Crippen molar-refractivity contribution < 1.29 is 50.5 Å². The van der Waals surface area contributed by atoms with Crippen LogP contribution in [0, 0.1) is 3.57 Å². The number of carboxylic acid groups (broad SMARTS) is 1. The van der Waals surface area contributed by atoms with Gasteiger partial charge in [-0.25, -0.2) is 0 Å². The van der Waals surface area contributed by atoms with E-state index in [-0.39, 0.29) is 55.8 Å². The zero-order valence-electron chi connectivity index (χ0n) is 22.5. The summed E-state index contributed by atoms with van der Waals surface area (Å²) < 4.78 is 0.844. The van der Waals surface area contributed by atoms with E-state index >= 15 is 0 Å². The van der Waals surface area contributed by atoms with Gasteiger partial charge >= 0.3 is 35.5 Å². The summed E-state index contributed by atoms with van der Waals surface area (Å²) in [5, 5.41) is 10.0. The summed E-state index contributed by atoms with van der Waals surface area (Å²) >= 11 is 14.4. The molecule has 0 saturated carbocycles. The van der Waals surface area contributed by atoms with E-state index in [4.69, 9.17) is 34.0 Å². The Hall–Kier alpha value is -1.82. The molecule has 3 N–H and O–H groups in total. The molecule has 39 heavy (non-hydrogen) atoms. The number of hydrogen-bond acceptors (Lipinski definition) is 4. The second-order valence-electron chi connectivity index (χ2n) is 9.12. The molecule has 0 aromatic heterocycles. The van der Waals surface area contributed by atoms with Crippen LogP contribution in [0.4, 0.5) is 11.4 Å². The first-order chi connectivity index (χ1) is 18.1. The third-order valence-corrected chi connectivity index (χ3v) is 7.77. The van der Waals surface area contributed by atoms with Crippen molar-refractivity contribution in [2.45, 2.75) is 38.3 Å². The molecule has 2 atom stereocenters. The topological polar surface area (TPSA) is 104 Å². The van der Waals surface area contributed by atoms with Crippen molar-refractivity contribution in [3.05, 3.63) is 91.0 Å². The fraction of sp³-hybridized carbons (Fsp3) is 0.250. The van der Waals surface area contributed by atoms with Crippen molar-refractivity contribution in [2.75, 3.05) is 17.2 Å². The fourth-order valence-electron chi connectivity index (χ4n) is 4.76. The van der Waals surface area contributed by atoms with Crippen molar-refractivity contribution in [3.8, 4) is 0 Å². The predicted molar refractivity (Wildman–Crippen MR) is 159 cm³/mol. The summed E-state index contributed by atoms with van der Waals surface area (Å²) in [4.78, 5) is 42.9. The Kier molecular flexibility index (Phi) is 11.1. The van der Waals surface area contributed by atoms with Crippen LogP contribution in [0.1, 0.15) is 61.2 Å². The van der Waals surface area contributed by atoms with Crippen LogP contribution < -0.4 is 40.2 Å². The molecule has 0 bridgehead atoms. The van der Waals surface area contributed by atoms with Gasteiger partial charge < -0.3 is 22.1 Å². The Labute approximate surface area is 274 Å². The maximum absolute atomic E-state index is 14.4. The predicted octanol–water partition coefficient (Wildman–Crippen LogP) is 3.84. The average Bonchev–Trinajstić information content (AvgIpc) is 2.95. The van der Waals surface area contributed by atoms with Gasteiger partial charge in [0.25, 0.3) is 11.8 Å². The maximum Gasteiger partial charge on any atom is 1.00 e. The van der Waals surface area contributed by atoms with Crippen LogP contribution in [0.5, 0.6) is 0 Å². The van der Waals surface area contributed by atoms with Crippen LogP contribution >= 0.6 is 45.8 Å². The number of halogens is 3. The van der Waals surface area contributed by atoms with E-state index in [9.17, 15) is 14.4 Å². The molecule has 1 aliphatic heterocycles. The zero-order valence-corrected chi connectivity index (χ0v) is 27.2. The van der Waals surface area contributed by atoms with Crippen LogP contribution in [0.25, 0.3) is 0 Å². The Bertz CT molecular complexity index is 1400. The molecular weight excluding hydrogens is 663 g/mol. The molecule has 3 aromatic carbocycles. The summed E-state index contributed by atoms with van der Waals surface area (Å²) in [6.45, 7) is 2.10. The van der Waals surface area contributed by atoms with Gasteiger partial charge in [-0.1, -0.05) is 41.4 Å². The van der Waals surface area contributed by atoms with Gasteiger partial charge in [0.05, 0.1) is 17.3 Å². The van der Waals surface area contributed by atoms with E-state index in [2.05, 4.69) is 22.6 Å². The van der Waals surface area contributed by atoms with Crippen molar-refractivity contribution in [3.63, 3.8) is 0 Å². The summed E-state index contributed by atoms with van der Waals surface area (Å²) in [7, 11) is 0. The third kappa shape index (κ3) is 7.10. The van der Waals surface area contributed by atoms with Crippen molar-refractivity contribution in [1.29, 1.82) is 0 Å². The number of benzene rings is 3. The molecule has 3 aromatic rings. The van der Waals surface area contributed by atoms with Gasteiger partial charge in [-0.3, -0.25) is 14.4 Å². The largest absolute Gasteiger partial charge is 1.00 e. The van der Waals surface area contributed by atoms with E-state index < -0.39 is 18.1 Å². The molecule has 2 unspecified atom stereocenters. The SMILES string of the molecule is CC(c1ccc(Cl)cc1N)N1C(=O)c2cc(I)ccc2N(CCCCC(=O)O)C(=O)C1c1ccc(Cl)cc1.[H-].[Na+]. The summed E-state index contributed by atoms with van der Waals surface area (Å²) in [6, 6.07) is 15.8. The second kappa shape index (κ2) is 13.7. The molecule has 1 aliphatic rings. The van der Waals surface area contributed by atoms with E-state index in [0.29, 0.717) is 51.0 Å².